The Bertz CT molecular complexity index is 835. The van der Waals surface area contributed by atoms with Gasteiger partial charge in [0.2, 0.25) is 5.91 Å². The third-order valence-corrected chi connectivity index (χ3v) is 5.45. The van der Waals surface area contributed by atoms with Crippen molar-refractivity contribution in [3.8, 4) is 11.3 Å². The van der Waals surface area contributed by atoms with Crippen molar-refractivity contribution < 1.29 is 9.59 Å². The van der Waals surface area contributed by atoms with Crippen molar-refractivity contribution in [3.05, 3.63) is 41.0 Å². The van der Waals surface area contributed by atoms with Gasteiger partial charge < -0.3 is 15.1 Å². The van der Waals surface area contributed by atoms with Crippen LogP contribution in [0.1, 0.15) is 23.3 Å². The molecule has 2 aromatic rings. The van der Waals surface area contributed by atoms with Gasteiger partial charge in [-0.3, -0.25) is 14.7 Å². The number of carbonyl (C=O) groups excluding carboxylic acids is 2. The normalized spacial score (nSPS) is 20.8. The molecule has 27 heavy (non-hydrogen) atoms. The van der Waals surface area contributed by atoms with Gasteiger partial charge in [-0.25, -0.2) is 0 Å². The predicted octanol–water partition coefficient (Wildman–Crippen LogP) is 1.77. The smallest absolute Gasteiger partial charge is 0.271 e. The van der Waals surface area contributed by atoms with Crippen molar-refractivity contribution in [2.75, 3.05) is 32.7 Å². The predicted molar refractivity (Wildman–Crippen MR) is 103 cm³/mol. The second-order valence-corrected chi connectivity index (χ2v) is 7.42. The number of aromatic amines is 1. The molecule has 4 rings (SSSR count). The zero-order valence-electron chi connectivity index (χ0n) is 14.9. The van der Waals surface area contributed by atoms with E-state index in [1.165, 1.54) is 0 Å². The van der Waals surface area contributed by atoms with Crippen LogP contribution in [-0.2, 0) is 4.79 Å². The van der Waals surface area contributed by atoms with Crippen molar-refractivity contribution in [3.63, 3.8) is 0 Å². The summed E-state index contributed by atoms with van der Waals surface area (Å²) in [5.41, 5.74) is 2.07. The molecule has 0 bridgehead atoms. The summed E-state index contributed by atoms with van der Waals surface area (Å²) >= 11 is 5.92. The van der Waals surface area contributed by atoms with Gasteiger partial charge >= 0.3 is 0 Å². The van der Waals surface area contributed by atoms with E-state index in [1.807, 2.05) is 21.9 Å². The number of likely N-dealkylation sites (tertiary alicyclic amines) is 1. The number of piperazine rings is 1. The number of H-pyrrole nitrogens is 1. The lowest BCUT2D eigenvalue weighted by Gasteiger charge is -2.41. The molecule has 2 amide bonds. The molecule has 0 spiro atoms. The average molecular weight is 388 g/mol. The Kier molecular flexibility index (Phi) is 5.13. The number of nitrogens with zero attached hydrogens (tertiary/aromatic N) is 3. The monoisotopic (exact) mass is 387 g/mol. The van der Waals surface area contributed by atoms with Crippen LogP contribution in [0.4, 0.5) is 0 Å². The Morgan fingerprint density at radius 3 is 2.81 bits per heavy atom. The largest absolute Gasteiger partial charge is 0.336 e. The molecule has 2 fully saturated rings. The van der Waals surface area contributed by atoms with Crippen LogP contribution >= 0.6 is 11.6 Å². The number of rotatable bonds is 3. The third kappa shape index (κ3) is 3.84. The first-order chi connectivity index (χ1) is 13.1. The highest BCUT2D eigenvalue weighted by atomic mass is 35.5. The number of carbonyl (C=O) groups is 2. The van der Waals surface area contributed by atoms with Crippen molar-refractivity contribution in [1.29, 1.82) is 0 Å². The van der Waals surface area contributed by atoms with E-state index in [-0.39, 0.29) is 17.9 Å². The first-order valence-electron chi connectivity index (χ1n) is 9.22. The number of benzene rings is 1. The maximum atomic E-state index is 12.9. The van der Waals surface area contributed by atoms with Gasteiger partial charge in [-0.1, -0.05) is 23.7 Å². The Morgan fingerprint density at radius 1 is 1.22 bits per heavy atom. The topological polar surface area (TPSA) is 81.3 Å². The highest BCUT2D eigenvalue weighted by Crippen LogP contribution is 2.22. The molecule has 0 radical (unpaired) electrons. The average Bonchev–Trinajstić information content (AvgIpc) is 3.18. The van der Waals surface area contributed by atoms with Crippen molar-refractivity contribution in [1.82, 2.24) is 25.3 Å². The highest BCUT2D eigenvalue weighted by Gasteiger charge is 2.32. The van der Waals surface area contributed by atoms with E-state index in [2.05, 4.69) is 15.5 Å². The molecule has 2 saturated heterocycles. The minimum Gasteiger partial charge on any atom is -0.336 e. The molecule has 2 aliphatic heterocycles. The quantitative estimate of drug-likeness (QED) is 0.841. The third-order valence-electron chi connectivity index (χ3n) is 5.20. The standard InChI is InChI=1S/C19H22ClN5O2/c20-14-5-3-13(4-6-14)16-10-17(23-22-16)19(27)24-8-1-2-15(12-24)25-9-7-21-11-18(25)26/h3-6,10,15,21H,1-2,7-9,11-12H2,(H,22,23). The van der Waals surface area contributed by atoms with Crippen LogP contribution in [0, 0.1) is 0 Å². The van der Waals surface area contributed by atoms with Crippen molar-refractivity contribution >= 4 is 23.4 Å². The van der Waals surface area contributed by atoms with E-state index >= 15 is 0 Å². The molecule has 1 aromatic heterocycles. The molecule has 2 aliphatic rings. The lowest BCUT2D eigenvalue weighted by molar-refractivity contribution is -0.135. The molecular formula is C19H22ClN5O2. The summed E-state index contributed by atoms with van der Waals surface area (Å²) in [6.45, 7) is 3.16. The summed E-state index contributed by atoms with van der Waals surface area (Å²) in [7, 11) is 0. The molecule has 3 heterocycles. The SMILES string of the molecule is O=C(c1cc(-c2ccc(Cl)cc2)n[nH]1)N1CCCC(N2CCNCC2=O)C1. The Balaban J connectivity index is 1.46. The van der Waals surface area contributed by atoms with Gasteiger partial charge in [-0.05, 0) is 31.0 Å². The fourth-order valence-corrected chi connectivity index (χ4v) is 3.90. The second kappa shape index (κ2) is 7.70. The van der Waals surface area contributed by atoms with Crippen LogP contribution in [0.15, 0.2) is 30.3 Å². The van der Waals surface area contributed by atoms with Gasteiger partial charge in [-0.15, -0.1) is 0 Å². The minimum absolute atomic E-state index is 0.0741. The Labute approximate surface area is 162 Å². The molecule has 0 saturated carbocycles. The summed E-state index contributed by atoms with van der Waals surface area (Å²) in [6, 6.07) is 9.21. The summed E-state index contributed by atoms with van der Waals surface area (Å²) < 4.78 is 0. The number of amides is 2. The summed E-state index contributed by atoms with van der Waals surface area (Å²) in [6.07, 6.45) is 1.83. The molecule has 8 heteroatoms. The Morgan fingerprint density at radius 2 is 2.04 bits per heavy atom. The van der Waals surface area contributed by atoms with Crippen molar-refractivity contribution in [2.45, 2.75) is 18.9 Å². The van der Waals surface area contributed by atoms with Crippen LogP contribution in [0.2, 0.25) is 5.02 Å². The first-order valence-corrected chi connectivity index (χ1v) is 9.60. The Hall–Kier alpha value is -2.38. The highest BCUT2D eigenvalue weighted by molar-refractivity contribution is 6.30. The van der Waals surface area contributed by atoms with Crippen LogP contribution in [0.3, 0.4) is 0 Å². The number of nitrogens with one attached hydrogen (secondary N) is 2. The van der Waals surface area contributed by atoms with E-state index in [0.29, 0.717) is 42.6 Å². The number of aromatic nitrogens is 2. The molecule has 2 N–H and O–H groups in total. The molecule has 1 aromatic carbocycles. The summed E-state index contributed by atoms with van der Waals surface area (Å²) in [5, 5.41) is 10.9. The van der Waals surface area contributed by atoms with Gasteiger partial charge in [0.1, 0.15) is 5.69 Å². The van der Waals surface area contributed by atoms with E-state index in [1.54, 1.807) is 18.2 Å². The number of halogens is 1. The number of piperidine rings is 1. The van der Waals surface area contributed by atoms with E-state index < -0.39 is 0 Å². The summed E-state index contributed by atoms with van der Waals surface area (Å²) in [4.78, 5) is 28.8. The fraction of sp³-hybridized carbons (Fsp3) is 0.421. The lowest BCUT2D eigenvalue weighted by atomic mass is 10.0. The van der Waals surface area contributed by atoms with Gasteiger partial charge in [0.15, 0.2) is 0 Å². The van der Waals surface area contributed by atoms with Gasteiger partial charge in [0.25, 0.3) is 5.91 Å². The minimum atomic E-state index is -0.0741. The van der Waals surface area contributed by atoms with Gasteiger partial charge in [-0.2, -0.15) is 5.10 Å². The zero-order valence-corrected chi connectivity index (χ0v) is 15.7. The molecule has 7 nitrogen and oxygen atoms in total. The molecular weight excluding hydrogens is 366 g/mol. The molecule has 1 unspecified atom stereocenters. The lowest BCUT2D eigenvalue weighted by Crippen LogP contribution is -2.57. The van der Waals surface area contributed by atoms with Crippen LogP contribution in [0.5, 0.6) is 0 Å². The molecule has 1 atom stereocenters. The van der Waals surface area contributed by atoms with Gasteiger partial charge in [0, 0.05) is 42.8 Å². The second-order valence-electron chi connectivity index (χ2n) is 6.98. The number of hydrogen-bond donors (Lipinski definition) is 2. The first kappa shape index (κ1) is 18.0. The zero-order chi connectivity index (χ0) is 18.8. The van der Waals surface area contributed by atoms with Crippen LogP contribution < -0.4 is 5.32 Å². The van der Waals surface area contributed by atoms with Crippen LogP contribution in [0.25, 0.3) is 11.3 Å². The maximum absolute atomic E-state index is 12.9. The van der Waals surface area contributed by atoms with E-state index in [0.717, 1.165) is 24.9 Å². The fourth-order valence-electron chi connectivity index (χ4n) is 3.77. The van der Waals surface area contributed by atoms with E-state index in [4.69, 9.17) is 11.6 Å². The van der Waals surface area contributed by atoms with Crippen molar-refractivity contribution in [2.24, 2.45) is 0 Å². The van der Waals surface area contributed by atoms with Crippen LogP contribution in [-0.4, -0.2) is 70.6 Å². The maximum Gasteiger partial charge on any atom is 0.271 e. The van der Waals surface area contributed by atoms with Gasteiger partial charge in [0.05, 0.1) is 12.2 Å². The molecule has 142 valence electrons. The van der Waals surface area contributed by atoms with E-state index in [9.17, 15) is 9.59 Å². The molecule has 0 aliphatic carbocycles. The number of hydrogen-bond acceptors (Lipinski definition) is 4. The summed E-state index contributed by atoms with van der Waals surface area (Å²) in [5.74, 6) is 0.0436.